The number of halogens is 2. The van der Waals surface area contributed by atoms with E-state index in [1.807, 2.05) is 25.3 Å². The quantitative estimate of drug-likeness (QED) is 0.573. The first-order valence-corrected chi connectivity index (χ1v) is 9.75. The fraction of sp³-hybridized carbons (Fsp3) is 0.318. The second-order valence-corrected chi connectivity index (χ2v) is 7.91. The first-order chi connectivity index (χ1) is 13.4. The Bertz CT molecular complexity index is 1110. The number of nitrogens with two attached hydrogens (primary N) is 1. The number of fused-ring (bicyclic) bond motifs is 1. The number of benzene rings is 2. The molecule has 1 aromatic heterocycles. The summed E-state index contributed by atoms with van der Waals surface area (Å²) in [6.45, 7) is 1.92. The highest BCUT2D eigenvalue weighted by molar-refractivity contribution is 6.36. The average molecular weight is 398 g/mol. The summed E-state index contributed by atoms with van der Waals surface area (Å²) in [5.41, 5.74) is 9.72. The Morgan fingerprint density at radius 1 is 1.21 bits per heavy atom. The number of aromatic nitrogens is 1. The summed E-state index contributed by atoms with van der Waals surface area (Å²) >= 11 is 6.38. The number of rotatable bonds is 2. The molecule has 0 spiro atoms. The van der Waals surface area contributed by atoms with Crippen molar-refractivity contribution in [3.63, 3.8) is 0 Å². The van der Waals surface area contributed by atoms with E-state index in [-0.39, 0.29) is 22.9 Å². The molecule has 0 atom stereocenters. The predicted octanol–water partition coefficient (Wildman–Crippen LogP) is 5.34. The lowest BCUT2D eigenvalue weighted by molar-refractivity contribution is 0.111. The van der Waals surface area contributed by atoms with Crippen molar-refractivity contribution in [2.45, 2.75) is 44.8 Å². The van der Waals surface area contributed by atoms with E-state index in [0.717, 1.165) is 47.7 Å². The monoisotopic (exact) mass is 397 g/mol. The number of nitriles is 1. The standard InChI is InChI=1S/C22H21ClFN3O/c1-12-8-20-17(9-13(12)10-25)18(16-6-7-19(24)22(26)21(16)23)11-27(20)14-2-4-15(28)5-3-14/h6-9,11,14-15,28H,2-5,26H2,1H3/t14-,15-. The van der Waals surface area contributed by atoms with E-state index in [0.29, 0.717) is 11.1 Å². The van der Waals surface area contributed by atoms with Crippen molar-refractivity contribution in [1.29, 1.82) is 5.26 Å². The van der Waals surface area contributed by atoms with E-state index >= 15 is 0 Å². The maximum atomic E-state index is 13.8. The minimum Gasteiger partial charge on any atom is -0.395 e. The Balaban J connectivity index is 1.96. The van der Waals surface area contributed by atoms with E-state index in [4.69, 9.17) is 17.3 Å². The van der Waals surface area contributed by atoms with Crippen LogP contribution in [0.2, 0.25) is 5.02 Å². The fourth-order valence-corrected chi connectivity index (χ4v) is 4.41. The number of aliphatic hydroxyl groups excluding tert-OH is 1. The number of aryl methyl sites for hydroxylation is 1. The van der Waals surface area contributed by atoms with Gasteiger partial charge in [0.15, 0.2) is 0 Å². The van der Waals surface area contributed by atoms with Gasteiger partial charge in [0.05, 0.1) is 28.4 Å². The summed E-state index contributed by atoms with van der Waals surface area (Å²) in [7, 11) is 0. The summed E-state index contributed by atoms with van der Waals surface area (Å²) in [6.07, 6.45) is 5.06. The van der Waals surface area contributed by atoms with E-state index in [1.165, 1.54) is 6.07 Å². The Morgan fingerprint density at radius 3 is 2.61 bits per heavy atom. The van der Waals surface area contributed by atoms with Gasteiger partial charge in [0.25, 0.3) is 0 Å². The molecular formula is C22H21ClFN3O. The molecule has 1 heterocycles. The fourth-order valence-electron chi connectivity index (χ4n) is 4.15. The molecule has 1 fully saturated rings. The van der Waals surface area contributed by atoms with Gasteiger partial charge >= 0.3 is 0 Å². The van der Waals surface area contributed by atoms with Crippen LogP contribution in [0.5, 0.6) is 0 Å². The van der Waals surface area contributed by atoms with Gasteiger partial charge in [-0.2, -0.15) is 5.26 Å². The molecule has 0 radical (unpaired) electrons. The zero-order valence-corrected chi connectivity index (χ0v) is 16.3. The van der Waals surface area contributed by atoms with Gasteiger partial charge in [-0.05, 0) is 62.4 Å². The van der Waals surface area contributed by atoms with Gasteiger partial charge in [-0.3, -0.25) is 0 Å². The maximum absolute atomic E-state index is 13.8. The SMILES string of the molecule is Cc1cc2c(cc1C#N)c(-c1ccc(F)c(N)c1Cl)cn2[C@H]1CC[C@H](O)CC1. The van der Waals surface area contributed by atoms with Gasteiger partial charge in [0.1, 0.15) is 5.82 Å². The van der Waals surface area contributed by atoms with Gasteiger partial charge in [-0.25, -0.2) is 4.39 Å². The summed E-state index contributed by atoms with van der Waals surface area (Å²) in [6, 6.07) is 9.32. The van der Waals surface area contributed by atoms with Crippen molar-refractivity contribution in [1.82, 2.24) is 4.57 Å². The van der Waals surface area contributed by atoms with Crippen LogP contribution in [0, 0.1) is 24.1 Å². The van der Waals surface area contributed by atoms with Gasteiger partial charge in [-0.15, -0.1) is 0 Å². The Labute approximate surface area is 167 Å². The van der Waals surface area contributed by atoms with Crippen molar-refractivity contribution in [2.24, 2.45) is 0 Å². The van der Waals surface area contributed by atoms with E-state index < -0.39 is 5.82 Å². The molecule has 144 valence electrons. The molecule has 4 rings (SSSR count). The number of hydrogen-bond donors (Lipinski definition) is 2. The second kappa shape index (κ2) is 7.12. The highest BCUT2D eigenvalue weighted by Gasteiger charge is 2.24. The topological polar surface area (TPSA) is 75.0 Å². The Hall–Kier alpha value is -2.55. The number of aliphatic hydroxyl groups is 1. The van der Waals surface area contributed by atoms with Crippen LogP contribution < -0.4 is 5.73 Å². The van der Waals surface area contributed by atoms with Crippen LogP contribution in [0.15, 0.2) is 30.5 Å². The number of hydrogen-bond acceptors (Lipinski definition) is 3. The van der Waals surface area contributed by atoms with Crippen LogP contribution >= 0.6 is 11.6 Å². The Kier molecular flexibility index (Phi) is 4.78. The van der Waals surface area contributed by atoms with Crippen LogP contribution in [0.3, 0.4) is 0 Å². The van der Waals surface area contributed by atoms with Gasteiger partial charge in [-0.1, -0.05) is 11.6 Å². The summed E-state index contributed by atoms with van der Waals surface area (Å²) < 4.78 is 16.0. The van der Waals surface area contributed by atoms with Crippen molar-refractivity contribution in [3.05, 3.63) is 52.4 Å². The Morgan fingerprint density at radius 2 is 1.93 bits per heavy atom. The molecule has 1 aliphatic rings. The zero-order chi connectivity index (χ0) is 20.0. The molecule has 0 unspecified atom stereocenters. The first kappa shape index (κ1) is 18.8. The molecule has 4 nitrogen and oxygen atoms in total. The number of nitrogens with zero attached hydrogens (tertiary/aromatic N) is 2. The maximum Gasteiger partial charge on any atom is 0.147 e. The first-order valence-electron chi connectivity index (χ1n) is 9.38. The van der Waals surface area contributed by atoms with Crippen LogP contribution in [0.4, 0.5) is 10.1 Å². The van der Waals surface area contributed by atoms with E-state index in [9.17, 15) is 14.8 Å². The highest BCUT2D eigenvalue weighted by atomic mass is 35.5. The normalized spacial score (nSPS) is 19.7. The zero-order valence-electron chi connectivity index (χ0n) is 15.5. The summed E-state index contributed by atoms with van der Waals surface area (Å²) in [5.74, 6) is -0.549. The highest BCUT2D eigenvalue weighted by Crippen LogP contribution is 2.42. The largest absolute Gasteiger partial charge is 0.395 e. The third-order valence-electron chi connectivity index (χ3n) is 5.78. The lowest BCUT2D eigenvalue weighted by Crippen LogP contribution is -2.20. The van der Waals surface area contributed by atoms with Crippen LogP contribution in [0.25, 0.3) is 22.0 Å². The molecule has 0 aliphatic heterocycles. The molecule has 3 aromatic rings. The van der Waals surface area contributed by atoms with Crippen LogP contribution in [-0.4, -0.2) is 15.8 Å². The van der Waals surface area contributed by atoms with E-state index in [2.05, 4.69) is 10.6 Å². The van der Waals surface area contributed by atoms with Gasteiger partial charge in [0, 0.05) is 34.3 Å². The molecule has 2 aromatic carbocycles. The molecular weight excluding hydrogens is 377 g/mol. The molecule has 0 saturated heterocycles. The van der Waals surface area contributed by atoms with Gasteiger partial charge < -0.3 is 15.4 Å². The smallest absolute Gasteiger partial charge is 0.147 e. The van der Waals surface area contributed by atoms with Crippen LogP contribution in [-0.2, 0) is 0 Å². The lowest BCUT2D eigenvalue weighted by atomic mass is 9.93. The van der Waals surface area contributed by atoms with Gasteiger partial charge in [0.2, 0.25) is 0 Å². The van der Waals surface area contributed by atoms with Crippen molar-refractivity contribution in [3.8, 4) is 17.2 Å². The third-order valence-corrected chi connectivity index (χ3v) is 6.18. The number of nitrogen functional groups attached to an aromatic ring is 1. The molecule has 0 bridgehead atoms. The van der Waals surface area contributed by atoms with Crippen molar-refractivity contribution < 1.29 is 9.50 Å². The molecule has 1 saturated carbocycles. The third kappa shape index (κ3) is 3.03. The lowest BCUT2D eigenvalue weighted by Gasteiger charge is -2.27. The summed E-state index contributed by atoms with van der Waals surface area (Å²) in [4.78, 5) is 0. The van der Waals surface area contributed by atoms with Crippen molar-refractivity contribution in [2.75, 3.05) is 5.73 Å². The molecule has 6 heteroatoms. The minimum atomic E-state index is -0.549. The summed E-state index contributed by atoms with van der Waals surface area (Å²) in [5, 5.41) is 20.4. The average Bonchev–Trinajstić information content (AvgIpc) is 3.04. The molecule has 1 aliphatic carbocycles. The second-order valence-electron chi connectivity index (χ2n) is 7.53. The molecule has 0 amide bonds. The number of anilines is 1. The van der Waals surface area contributed by atoms with Crippen molar-refractivity contribution >= 4 is 28.2 Å². The molecule has 28 heavy (non-hydrogen) atoms. The minimum absolute atomic E-state index is 0.0755. The molecule has 3 N–H and O–H groups in total. The van der Waals surface area contributed by atoms with E-state index in [1.54, 1.807) is 6.07 Å². The van der Waals surface area contributed by atoms with Crippen LogP contribution in [0.1, 0.15) is 42.9 Å². The predicted molar refractivity (Wildman–Crippen MR) is 110 cm³/mol.